The van der Waals surface area contributed by atoms with Gasteiger partial charge in [-0.3, -0.25) is 9.59 Å². The molecule has 0 bridgehead atoms. The van der Waals surface area contributed by atoms with E-state index >= 15 is 0 Å². The largest absolute Gasteiger partial charge is 0.480 e. The minimum Gasteiger partial charge on any atom is -0.480 e. The highest BCUT2D eigenvalue weighted by atomic mass is 35.5. The summed E-state index contributed by atoms with van der Waals surface area (Å²) in [4.78, 5) is 33.1. The Labute approximate surface area is 141 Å². The average Bonchev–Trinajstić information content (AvgIpc) is 2.55. The molecule has 2 aromatic carbocycles. The highest BCUT2D eigenvalue weighted by Gasteiger charge is 2.09. The van der Waals surface area contributed by atoms with Gasteiger partial charge >= 0.3 is 11.9 Å². The summed E-state index contributed by atoms with van der Waals surface area (Å²) in [6, 6.07) is 10.5. The Balaban J connectivity index is 2.12. The SMILES string of the molecule is O=C(O)CNC(=O)c1ccc(Nc2cc(C(=O)O)ccc2Cl)cc1. The third-order valence-electron chi connectivity index (χ3n) is 3.04. The molecule has 0 saturated carbocycles. The van der Waals surface area contributed by atoms with Gasteiger partial charge in [0.05, 0.1) is 16.3 Å². The van der Waals surface area contributed by atoms with E-state index in [0.717, 1.165) is 0 Å². The van der Waals surface area contributed by atoms with Crippen LogP contribution in [0.3, 0.4) is 0 Å². The molecule has 1 amide bonds. The third-order valence-corrected chi connectivity index (χ3v) is 3.37. The van der Waals surface area contributed by atoms with Crippen LogP contribution in [0.15, 0.2) is 42.5 Å². The van der Waals surface area contributed by atoms with Gasteiger partial charge in [0.1, 0.15) is 6.54 Å². The van der Waals surface area contributed by atoms with Crippen molar-refractivity contribution in [2.75, 3.05) is 11.9 Å². The molecule has 0 aromatic heterocycles. The molecule has 0 aliphatic heterocycles. The fourth-order valence-electron chi connectivity index (χ4n) is 1.87. The number of hydrogen-bond acceptors (Lipinski definition) is 4. The van der Waals surface area contributed by atoms with Gasteiger partial charge in [0.2, 0.25) is 0 Å². The van der Waals surface area contributed by atoms with E-state index in [2.05, 4.69) is 10.6 Å². The molecule has 0 radical (unpaired) electrons. The van der Waals surface area contributed by atoms with Crippen LogP contribution < -0.4 is 10.6 Å². The number of carbonyl (C=O) groups is 3. The zero-order valence-corrected chi connectivity index (χ0v) is 13.0. The van der Waals surface area contributed by atoms with E-state index in [1.807, 2.05) is 0 Å². The third kappa shape index (κ3) is 4.47. The summed E-state index contributed by atoms with van der Waals surface area (Å²) in [5.74, 6) is -2.70. The molecule has 7 nitrogen and oxygen atoms in total. The lowest BCUT2D eigenvalue weighted by molar-refractivity contribution is -0.135. The molecule has 2 aromatic rings. The summed E-state index contributed by atoms with van der Waals surface area (Å²) in [6.45, 7) is -0.462. The van der Waals surface area contributed by atoms with Crippen molar-refractivity contribution >= 4 is 40.8 Å². The van der Waals surface area contributed by atoms with E-state index < -0.39 is 24.4 Å². The average molecular weight is 349 g/mol. The first-order chi connectivity index (χ1) is 11.4. The summed E-state index contributed by atoms with van der Waals surface area (Å²) in [5.41, 5.74) is 1.40. The van der Waals surface area contributed by atoms with Crippen molar-refractivity contribution in [3.05, 3.63) is 58.6 Å². The van der Waals surface area contributed by atoms with Crippen LogP contribution in [-0.4, -0.2) is 34.6 Å². The molecule has 8 heteroatoms. The number of nitrogens with one attached hydrogen (secondary N) is 2. The van der Waals surface area contributed by atoms with E-state index in [0.29, 0.717) is 22.0 Å². The van der Waals surface area contributed by atoms with Crippen LogP contribution in [-0.2, 0) is 4.79 Å². The fraction of sp³-hybridized carbons (Fsp3) is 0.0625. The number of aromatic carboxylic acids is 1. The Bertz CT molecular complexity index is 790. The normalized spacial score (nSPS) is 10.0. The maximum absolute atomic E-state index is 11.7. The number of hydrogen-bond donors (Lipinski definition) is 4. The number of anilines is 2. The molecule has 0 unspecified atom stereocenters. The highest BCUT2D eigenvalue weighted by molar-refractivity contribution is 6.33. The van der Waals surface area contributed by atoms with Gasteiger partial charge in [-0.25, -0.2) is 4.79 Å². The Morgan fingerprint density at radius 3 is 2.17 bits per heavy atom. The Hall–Kier alpha value is -3.06. The first-order valence-corrected chi connectivity index (χ1v) is 7.14. The molecule has 124 valence electrons. The minimum atomic E-state index is -1.13. The molecule has 0 saturated heterocycles. The maximum Gasteiger partial charge on any atom is 0.335 e. The minimum absolute atomic E-state index is 0.0894. The number of aliphatic carboxylic acids is 1. The van der Waals surface area contributed by atoms with Crippen LogP contribution in [0.4, 0.5) is 11.4 Å². The van der Waals surface area contributed by atoms with Crippen molar-refractivity contribution in [3.63, 3.8) is 0 Å². The smallest absolute Gasteiger partial charge is 0.335 e. The first-order valence-electron chi connectivity index (χ1n) is 6.77. The lowest BCUT2D eigenvalue weighted by Gasteiger charge is -2.10. The second-order valence-electron chi connectivity index (χ2n) is 4.78. The number of carbonyl (C=O) groups excluding carboxylic acids is 1. The number of benzene rings is 2. The van der Waals surface area contributed by atoms with Gasteiger partial charge in [0.15, 0.2) is 0 Å². The predicted molar refractivity (Wildman–Crippen MR) is 88.1 cm³/mol. The molecule has 0 aliphatic carbocycles. The van der Waals surface area contributed by atoms with Gasteiger partial charge in [-0.15, -0.1) is 0 Å². The van der Waals surface area contributed by atoms with Gasteiger partial charge in [-0.05, 0) is 42.5 Å². The van der Waals surface area contributed by atoms with Crippen LogP contribution >= 0.6 is 11.6 Å². The second-order valence-corrected chi connectivity index (χ2v) is 5.19. The maximum atomic E-state index is 11.7. The fourth-order valence-corrected chi connectivity index (χ4v) is 2.04. The monoisotopic (exact) mass is 348 g/mol. The predicted octanol–water partition coefficient (Wildman–Crippen LogP) is 2.60. The van der Waals surface area contributed by atoms with Crippen molar-refractivity contribution in [2.24, 2.45) is 0 Å². The topological polar surface area (TPSA) is 116 Å². The van der Waals surface area contributed by atoms with E-state index in [4.69, 9.17) is 21.8 Å². The molecule has 24 heavy (non-hydrogen) atoms. The summed E-state index contributed by atoms with van der Waals surface area (Å²) < 4.78 is 0. The number of rotatable bonds is 6. The van der Waals surface area contributed by atoms with E-state index in [1.165, 1.54) is 30.3 Å². The van der Waals surface area contributed by atoms with Crippen molar-refractivity contribution in [1.29, 1.82) is 0 Å². The highest BCUT2D eigenvalue weighted by Crippen LogP contribution is 2.26. The number of halogens is 1. The summed E-state index contributed by atoms with van der Waals surface area (Å²) in [7, 11) is 0. The van der Waals surface area contributed by atoms with Crippen molar-refractivity contribution in [3.8, 4) is 0 Å². The Morgan fingerprint density at radius 2 is 1.58 bits per heavy atom. The molecule has 0 fully saturated rings. The number of carboxylic acids is 2. The lowest BCUT2D eigenvalue weighted by atomic mass is 10.1. The van der Waals surface area contributed by atoms with Gasteiger partial charge in [-0.1, -0.05) is 11.6 Å². The van der Waals surface area contributed by atoms with Crippen LogP contribution in [0.1, 0.15) is 20.7 Å². The van der Waals surface area contributed by atoms with E-state index in [1.54, 1.807) is 12.1 Å². The Morgan fingerprint density at radius 1 is 0.958 bits per heavy atom. The van der Waals surface area contributed by atoms with Gasteiger partial charge in [0.25, 0.3) is 5.91 Å². The van der Waals surface area contributed by atoms with Crippen molar-refractivity contribution < 1.29 is 24.6 Å². The van der Waals surface area contributed by atoms with Crippen molar-refractivity contribution in [2.45, 2.75) is 0 Å². The van der Waals surface area contributed by atoms with Crippen LogP contribution in [0.5, 0.6) is 0 Å². The quantitative estimate of drug-likeness (QED) is 0.637. The molecule has 0 heterocycles. The zero-order chi connectivity index (χ0) is 17.7. The van der Waals surface area contributed by atoms with Crippen LogP contribution in [0, 0.1) is 0 Å². The van der Waals surface area contributed by atoms with Gasteiger partial charge in [0, 0.05) is 11.3 Å². The van der Waals surface area contributed by atoms with Crippen LogP contribution in [0.25, 0.3) is 0 Å². The van der Waals surface area contributed by atoms with E-state index in [9.17, 15) is 14.4 Å². The molecule has 0 aliphatic rings. The van der Waals surface area contributed by atoms with E-state index in [-0.39, 0.29) is 5.56 Å². The second kappa shape index (κ2) is 7.47. The molecule has 0 spiro atoms. The Kier molecular flexibility index (Phi) is 5.39. The van der Waals surface area contributed by atoms with Crippen molar-refractivity contribution in [1.82, 2.24) is 5.32 Å². The molecule has 4 N–H and O–H groups in total. The zero-order valence-electron chi connectivity index (χ0n) is 12.2. The van der Waals surface area contributed by atoms with Gasteiger partial charge < -0.3 is 20.8 Å². The molecular weight excluding hydrogens is 336 g/mol. The molecule has 2 rings (SSSR count). The molecular formula is C16H13ClN2O5. The summed E-state index contributed by atoms with van der Waals surface area (Å²) in [6.07, 6.45) is 0. The van der Waals surface area contributed by atoms with Crippen LogP contribution in [0.2, 0.25) is 5.02 Å². The first kappa shape index (κ1) is 17.3. The lowest BCUT2D eigenvalue weighted by Crippen LogP contribution is -2.29. The number of amides is 1. The number of carboxylic acid groups (broad SMARTS) is 2. The van der Waals surface area contributed by atoms with Gasteiger partial charge in [-0.2, -0.15) is 0 Å². The molecule has 0 atom stereocenters. The summed E-state index contributed by atoms with van der Waals surface area (Å²) in [5, 5.41) is 23.1. The standard InChI is InChI=1S/C16H13ClN2O5/c17-12-6-3-10(16(23)24)7-13(12)19-11-4-1-9(2-5-11)15(22)18-8-14(20)21/h1-7,19H,8H2,(H,18,22)(H,20,21)(H,23,24). The summed E-state index contributed by atoms with van der Waals surface area (Å²) >= 11 is 6.03.